The summed E-state index contributed by atoms with van der Waals surface area (Å²) in [6, 6.07) is 0. The van der Waals surface area contributed by atoms with Gasteiger partial charge in [0.2, 0.25) is 0 Å². The summed E-state index contributed by atoms with van der Waals surface area (Å²) in [5.41, 5.74) is 0. The Kier molecular flexibility index (Phi) is 5.12. The summed E-state index contributed by atoms with van der Waals surface area (Å²) in [4.78, 5) is 21.9. The van der Waals surface area contributed by atoms with Crippen LogP contribution in [-0.4, -0.2) is 23.3 Å². The first-order valence-corrected chi connectivity index (χ1v) is 5.68. The van der Waals surface area contributed by atoms with Crippen LogP contribution in [0.3, 0.4) is 0 Å². The summed E-state index contributed by atoms with van der Waals surface area (Å²) in [5.74, 6) is -0.290. The lowest BCUT2D eigenvalue weighted by Crippen LogP contribution is -2.17. The number of aliphatic hydroxyl groups is 1. The maximum atomic E-state index is 11.6. The average Bonchev–Trinajstić information content (AvgIpc) is 2.52. The first-order valence-electron chi connectivity index (χ1n) is 5.68. The van der Waals surface area contributed by atoms with Crippen molar-refractivity contribution >= 4 is 12.1 Å². The van der Waals surface area contributed by atoms with Crippen molar-refractivity contribution in [2.75, 3.05) is 0 Å². The topological polar surface area (TPSA) is 54.4 Å². The molecule has 0 heterocycles. The Hall–Kier alpha value is -1.22. The van der Waals surface area contributed by atoms with E-state index < -0.39 is 6.10 Å². The molecule has 16 heavy (non-hydrogen) atoms. The summed E-state index contributed by atoms with van der Waals surface area (Å²) in [5, 5.41) is 9.70. The van der Waals surface area contributed by atoms with Gasteiger partial charge in [0.15, 0.2) is 0 Å². The van der Waals surface area contributed by atoms with Crippen LogP contribution in [0.25, 0.3) is 0 Å². The molecule has 0 aromatic rings. The zero-order valence-corrected chi connectivity index (χ0v) is 9.50. The van der Waals surface area contributed by atoms with Gasteiger partial charge in [-0.15, -0.1) is 0 Å². The van der Waals surface area contributed by atoms with Crippen LogP contribution in [0.15, 0.2) is 24.3 Å². The third kappa shape index (κ3) is 3.14. The molecule has 0 aromatic heterocycles. The second kappa shape index (κ2) is 6.38. The molecule has 0 bridgehead atoms. The van der Waals surface area contributed by atoms with Crippen molar-refractivity contribution in [1.29, 1.82) is 0 Å². The van der Waals surface area contributed by atoms with Crippen LogP contribution in [0.4, 0.5) is 0 Å². The summed E-state index contributed by atoms with van der Waals surface area (Å²) < 4.78 is 0. The average molecular weight is 222 g/mol. The SMILES string of the molecule is CCC=CCC1C(=O)CC(O)C1C=CC=O. The van der Waals surface area contributed by atoms with Gasteiger partial charge in [-0.1, -0.05) is 25.2 Å². The molecule has 1 N–H and O–H groups in total. The van der Waals surface area contributed by atoms with E-state index in [1.54, 1.807) is 6.08 Å². The van der Waals surface area contributed by atoms with Gasteiger partial charge in [0.1, 0.15) is 12.1 Å². The van der Waals surface area contributed by atoms with Gasteiger partial charge < -0.3 is 5.11 Å². The minimum atomic E-state index is -0.635. The second-order valence-corrected chi connectivity index (χ2v) is 4.06. The number of aldehydes is 1. The van der Waals surface area contributed by atoms with E-state index in [0.29, 0.717) is 12.7 Å². The summed E-state index contributed by atoms with van der Waals surface area (Å²) in [7, 11) is 0. The monoisotopic (exact) mass is 222 g/mol. The Morgan fingerprint density at radius 1 is 1.44 bits per heavy atom. The Labute approximate surface area is 95.9 Å². The molecule has 3 heteroatoms. The Balaban J connectivity index is 2.69. The van der Waals surface area contributed by atoms with Gasteiger partial charge in [-0.05, 0) is 18.9 Å². The molecule has 0 amide bonds. The minimum Gasteiger partial charge on any atom is -0.392 e. The van der Waals surface area contributed by atoms with E-state index in [9.17, 15) is 14.7 Å². The molecule has 1 saturated carbocycles. The highest BCUT2D eigenvalue weighted by molar-refractivity contribution is 5.85. The number of carbonyl (C=O) groups is 2. The highest BCUT2D eigenvalue weighted by Gasteiger charge is 2.38. The minimum absolute atomic E-state index is 0.0915. The lowest BCUT2D eigenvalue weighted by atomic mass is 9.91. The molecule has 3 unspecified atom stereocenters. The van der Waals surface area contributed by atoms with Gasteiger partial charge in [-0.3, -0.25) is 9.59 Å². The highest BCUT2D eigenvalue weighted by Crippen LogP contribution is 2.33. The molecule has 1 aliphatic rings. The molecule has 0 aliphatic heterocycles. The second-order valence-electron chi connectivity index (χ2n) is 4.06. The molecule has 0 radical (unpaired) electrons. The van der Waals surface area contributed by atoms with Gasteiger partial charge in [0.25, 0.3) is 0 Å². The van der Waals surface area contributed by atoms with Gasteiger partial charge in [0, 0.05) is 18.3 Å². The van der Waals surface area contributed by atoms with Crippen LogP contribution in [0.2, 0.25) is 0 Å². The maximum Gasteiger partial charge on any atom is 0.142 e. The molecule has 1 aliphatic carbocycles. The van der Waals surface area contributed by atoms with E-state index in [0.717, 1.165) is 6.42 Å². The van der Waals surface area contributed by atoms with E-state index >= 15 is 0 Å². The molecule has 0 aromatic carbocycles. The smallest absolute Gasteiger partial charge is 0.142 e. The molecule has 0 saturated heterocycles. The van der Waals surface area contributed by atoms with Crippen molar-refractivity contribution in [3.63, 3.8) is 0 Å². The lowest BCUT2D eigenvalue weighted by molar-refractivity contribution is -0.121. The van der Waals surface area contributed by atoms with E-state index in [1.165, 1.54) is 6.08 Å². The van der Waals surface area contributed by atoms with Gasteiger partial charge in [0.05, 0.1) is 6.10 Å². The third-order valence-electron chi connectivity index (χ3n) is 2.94. The van der Waals surface area contributed by atoms with Crippen molar-refractivity contribution in [1.82, 2.24) is 0 Å². The summed E-state index contributed by atoms with van der Waals surface area (Å²) in [6.07, 6.45) is 8.84. The largest absolute Gasteiger partial charge is 0.392 e. The molecule has 1 rings (SSSR count). The van der Waals surface area contributed by atoms with Crippen molar-refractivity contribution in [2.45, 2.75) is 32.3 Å². The zero-order valence-electron chi connectivity index (χ0n) is 9.50. The third-order valence-corrected chi connectivity index (χ3v) is 2.94. The van der Waals surface area contributed by atoms with Gasteiger partial charge in [-0.2, -0.15) is 0 Å². The molecule has 3 atom stereocenters. The van der Waals surface area contributed by atoms with Crippen LogP contribution in [-0.2, 0) is 9.59 Å². The van der Waals surface area contributed by atoms with Gasteiger partial charge >= 0.3 is 0 Å². The fourth-order valence-corrected chi connectivity index (χ4v) is 2.11. The molecule has 0 spiro atoms. The first-order chi connectivity index (χ1) is 7.70. The number of allylic oxidation sites excluding steroid dienone is 3. The molecular weight excluding hydrogens is 204 g/mol. The molecule has 88 valence electrons. The van der Waals surface area contributed by atoms with Crippen molar-refractivity contribution in [3.8, 4) is 0 Å². The maximum absolute atomic E-state index is 11.6. The van der Waals surface area contributed by atoms with Crippen LogP contribution < -0.4 is 0 Å². The fraction of sp³-hybridized carbons (Fsp3) is 0.538. The quantitative estimate of drug-likeness (QED) is 0.437. The van der Waals surface area contributed by atoms with E-state index in [-0.39, 0.29) is 24.0 Å². The predicted molar refractivity (Wildman–Crippen MR) is 61.9 cm³/mol. The van der Waals surface area contributed by atoms with E-state index in [1.807, 2.05) is 19.1 Å². The van der Waals surface area contributed by atoms with Crippen LogP contribution >= 0.6 is 0 Å². The number of ketones is 1. The molecular formula is C13H18O3. The fourth-order valence-electron chi connectivity index (χ4n) is 2.11. The standard InChI is InChI=1S/C13H18O3/c1-2-3-4-6-10-11(7-5-8-14)13(16)9-12(10)15/h3-5,7-8,10-11,13,16H,2,6,9H2,1H3. The zero-order chi connectivity index (χ0) is 12.0. The highest BCUT2D eigenvalue weighted by atomic mass is 16.3. The summed E-state index contributed by atoms with van der Waals surface area (Å²) in [6.45, 7) is 2.03. The number of hydrogen-bond donors (Lipinski definition) is 1. The van der Waals surface area contributed by atoms with E-state index in [2.05, 4.69) is 0 Å². The lowest BCUT2D eigenvalue weighted by Gasteiger charge is -2.15. The van der Waals surface area contributed by atoms with Gasteiger partial charge in [-0.25, -0.2) is 0 Å². The first kappa shape index (κ1) is 12.8. The normalized spacial score (nSPS) is 30.6. The number of aliphatic hydroxyl groups excluding tert-OH is 1. The van der Waals surface area contributed by atoms with Crippen molar-refractivity contribution in [2.24, 2.45) is 11.8 Å². The van der Waals surface area contributed by atoms with Crippen LogP contribution in [0, 0.1) is 11.8 Å². The van der Waals surface area contributed by atoms with E-state index in [4.69, 9.17) is 0 Å². The van der Waals surface area contributed by atoms with Crippen LogP contribution in [0.1, 0.15) is 26.2 Å². The number of rotatable bonds is 5. The van der Waals surface area contributed by atoms with Crippen molar-refractivity contribution in [3.05, 3.63) is 24.3 Å². The molecule has 3 nitrogen and oxygen atoms in total. The Morgan fingerprint density at radius 3 is 2.81 bits per heavy atom. The number of hydrogen-bond acceptors (Lipinski definition) is 3. The number of Topliss-reactive ketones (excluding diaryl/α,β-unsaturated/α-hetero) is 1. The summed E-state index contributed by atoms with van der Waals surface area (Å²) >= 11 is 0. The molecule has 1 fully saturated rings. The Bertz CT molecular complexity index is 304. The van der Waals surface area contributed by atoms with Crippen LogP contribution in [0.5, 0.6) is 0 Å². The van der Waals surface area contributed by atoms with Crippen molar-refractivity contribution < 1.29 is 14.7 Å². The Morgan fingerprint density at radius 2 is 2.19 bits per heavy atom. The predicted octanol–water partition coefficient (Wildman–Crippen LogP) is 1.66. The number of carbonyl (C=O) groups excluding carboxylic acids is 2.